The van der Waals surface area contributed by atoms with Crippen LogP contribution in [0.25, 0.3) is 17.1 Å². The summed E-state index contributed by atoms with van der Waals surface area (Å²) in [6, 6.07) is 22.4. The number of hydrogen-bond acceptors (Lipinski definition) is 7. The first-order chi connectivity index (χ1) is 17.0. The van der Waals surface area contributed by atoms with Crippen LogP contribution < -0.4 is 10.2 Å². The number of aryl methyl sites for hydroxylation is 1. The molecule has 1 heterocycles. The van der Waals surface area contributed by atoms with E-state index in [9.17, 15) is 9.90 Å². The molecule has 1 aromatic heterocycles. The maximum atomic E-state index is 12.5. The second-order valence-electron chi connectivity index (χ2n) is 7.74. The van der Waals surface area contributed by atoms with Gasteiger partial charge in [0.2, 0.25) is 0 Å². The highest BCUT2D eigenvalue weighted by atomic mass is 32.2. The van der Waals surface area contributed by atoms with E-state index in [0.717, 1.165) is 22.6 Å². The summed E-state index contributed by atoms with van der Waals surface area (Å²) in [5.41, 5.74) is 6.52. The second-order valence-corrected chi connectivity index (χ2v) is 8.69. The SMILES string of the molecule is COc1ccc(-n2c(SCC(=O)N/N=C(/C)c3ccccc3O)nnc2-c2ccc(C)cc2)cc1. The zero-order chi connectivity index (χ0) is 24.8. The largest absolute Gasteiger partial charge is 0.507 e. The van der Waals surface area contributed by atoms with Crippen LogP contribution in [0.5, 0.6) is 11.5 Å². The molecule has 0 bridgehead atoms. The normalized spacial score (nSPS) is 11.3. The van der Waals surface area contributed by atoms with Gasteiger partial charge in [-0.2, -0.15) is 5.10 Å². The van der Waals surface area contributed by atoms with Gasteiger partial charge in [0, 0.05) is 16.8 Å². The van der Waals surface area contributed by atoms with Gasteiger partial charge in [-0.25, -0.2) is 5.43 Å². The summed E-state index contributed by atoms with van der Waals surface area (Å²) in [6.07, 6.45) is 0. The molecule has 0 saturated heterocycles. The molecule has 9 heteroatoms. The van der Waals surface area contributed by atoms with E-state index in [4.69, 9.17) is 4.74 Å². The quantitative estimate of drug-likeness (QED) is 0.214. The Bertz CT molecular complexity index is 1350. The Morgan fingerprint density at radius 3 is 2.46 bits per heavy atom. The highest BCUT2D eigenvalue weighted by molar-refractivity contribution is 7.99. The molecule has 0 spiro atoms. The Balaban J connectivity index is 1.55. The van der Waals surface area contributed by atoms with Crippen LogP contribution in [0.3, 0.4) is 0 Å². The lowest BCUT2D eigenvalue weighted by molar-refractivity contribution is -0.118. The van der Waals surface area contributed by atoms with E-state index >= 15 is 0 Å². The fourth-order valence-corrected chi connectivity index (χ4v) is 4.11. The van der Waals surface area contributed by atoms with Crippen molar-refractivity contribution < 1.29 is 14.6 Å². The molecule has 0 aliphatic rings. The molecular formula is C26H25N5O3S. The molecule has 4 rings (SSSR count). The molecule has 3 aromatic carbocycles. The first-order valence-corrected chi connectivity index (χ1v) is 11.9. The summed E-state index contributed by atoms with van der Waals surface area (Å²) in [7, 11) is 1.62. The van der Waals surface area contributed by atoms with Crippen molar-refractivity contribution in [3.8, 4) is 28.6 Å². The predicted molar refractivity (Wildman–Crippen MR) is 137 cm³/mol. The lowest BCUT2D eigenvalue weighted by atomic mass is 10.1. The third-order valence-corrected chi connectivity index (χ3v) is 6.18. The van der Waals surface area contributed by atoms with Gasteiger partial charge in [0.1, 0.15) is 11.5 Å². The molecule has 0 aliphatic carbocycles. The minimum Gasteiger partial charge on any atom is -0.507 e. The Kier molecular flexibility index (Phi) is 7.47. The Labute approximate surface area is 207 Å². The van der Waals surface area contributed by atoms with Crippen LogP contribution in [0.2, 0.25) is 0 Å². The Morgan fingerprint density at radius 1 is 1.06 bits per heavy atom. The van der Waals surface area contributed by atoms with Gasteiger partial charge in [0.15, 0.2) is 11.0 Å². The zero-order valence-corrected chi connectivity index (χ0v) is 20.4. The number of rotatable bonds is 8. The molecule has 1 amide bonds. The van der Waals surface area contributed by atoms with Gasteiger partial charge in [-0.3, -0.25) is 9.36 Å². The number of amides is 1. The summed E-state index contributed by atoms with van der Waals surface area (Å²) in [6.45, 7) is 3.75. The molecule has 8 nitrogen and oxygen atoms in total. The first-order valence-electron chi connectivity index (χ1n) is 10.9. The van der Waals surface area contributed by atoms with Gasteiger partial charge >= 0.3 is 0 Å². The Hall–Kier alpha value is -4.11. The van der Waals surface area contributed by atoms with Crippen LogP contribution in [0, 0.1) is 6.92 Å². The molecule has 4 aromatic rings. The van der Waals surface area contributed by atoms with Crippen molar-refractivity contribution in [2.45, 2.75) is 19.0 Å². The molecule has 0 atom stereocenters. The van der Waals surface area contributed by atoms with Gasteiger partial charge in [-0.05, 0) is 50.2 Å². The monoisotopic (exact) mass is 487 g/mol. The number of thioether (sulfide) groups is 1. The fraction of sp³-hybridized carbons (Fsp3) is 0.154. The summed E-state index contributed by atoms with van der Waals surface area (Å²) in [4.78, 5) is 12.5. The van der Waals surface area contributed by atoms with E-state index in [2.05, 4.69) is 20.7 Å². The number of ether oxygens (including phenoxy) is 1. The summed E-state index contributed by atoms with van der Waals surface area (Å²) in [5, 5.41) is 23.4. The molecule has 2 N–H and O–H groups in total. The van der Waals surface area contributed by atoms with Gasteiger partial charge in [-0.1, -0.05) is 53.7 Å². The number of nitrogens with one attached hydrogen (secondary N) is 1. The molecular weight excluding hydrogens is 462 g/mol. The smallest absolute Gasteiger partial charge is 0.250 e. The average Bonchev–Trinajstić information content (AvgIpc) is 3.30. The van der Waals surface area contributed by atoms with Crippen molar-refractivity contribution in [2.75, 3.05) is 12.9 Å². The van der Waals surface area contributed by atoms with Crippen molar-refractivity contribution in [1.29, 1.82) is 0 Å². The second kappa shape index (κ2) is 10.9. The third kappa shape index (κ3) is 5.70. The van der Waals surface area contributed by atoms with Crippen LogP contribution in [0.15, 0.2) is 83.1 Å². The minimum atomic E-state index is -0.300. The number of methoxy groups -OCH3 is 1. The van der Waals surface area contributed by atoms with E-state index in [1.54, 1.807) is 38.3 Å². The lowest BCUT2D eigenvalue weighted by Gasteiger charge is -2.11. The van der Waals surface area contributed by atoms with Crippen LogP contribution in [-0.4, -0.2) is 44.4 Å². The van der Waals surface area contributed by atoms with Gasteiger partial charge in [0.05, 0.1) is 18.6 Å². The number of hydrogen-bond donors (Lipinski definition) is 2. The van der Waals surface area contributed by atoms with E-state index in [0.29, 0.717) is 22.3 Å². The van der Waals surface area contributed by atoms with Gasteiger partial charge in [0.25, 0.3) is 5.91 Å². The summed E-state index contributed by atoms with van der Waals surface area (Å²) in [5.74, 6) is 1.30. The molecule has 0 saturated carbocycles. The lowest BCUT2D eigenvalue weighted by Crippen LogP contribution is -2.21. The summed E-state index contributed by atoms with van der Waals surface area (Å²) < 4.78 is 7.20. The van der Waals surface area contributed by atoms with Crippen molar-refractivity contribution in [2.24, 2.45) is 5.10 Å². The number of phenols is 1. The number of aromatic nitrogens is 3. The third-order valence-electron chi connectivity index (χ3n) is 5.25. The highest BCUT2D eigenvalue weighted by Crippen LogP contribution is 2.29. The van der Waals surface area contributed by atoms with Crippen molar-refractivity contribution in [3.05, 3.63) is 83.9 Å². The van der Waals surface area contributed by atoms with Gasteiger partial charge in [-0.15, -0.1) is 10.2 Å². The standard InChI is InChI=1S/C26H25N5O3S/c1-17-8-10-19(11-9-17)25-29-30-26(31(25)20-12-14-21(34-3)15-13-20)35-16-24(33)28-27-18(2)22-6-4-5-7-23(22)32/h4-15,32H,16H2,1-3H3,(H,28,33)/b27-18-. The van der Waals surface area contributed by atoms with E-state index < -0.39 is 0 Å². The van der Waals surface area contributed by atoms with Gasteiger partial charge < -0.3 is 9.84 Å². The number of hydrazone groups is 1. The number of carbonyl (C=O) groups excluding carboxylic acids is 1. The van der Waals surface area contributed by atoms with Crippen molar-refractivity contribution in [1.82, 2.24) is 20.2 Å². The van der Waals surface area contributed by atoms with Crippen molar-refractivity contribution >= 4 is 23.4 Å². The fourth-order valence-electron chi connectivity index (χ4n) is 3.37. The maximum absolute atomic E-state index is 12.5. The molecule has 0 fully saturated rings. The van der Waals surface area contributed by atoms with Crippen LogP contribution in [0.1, 0.15) is 18.1 Å². The number of nitrogens with zero attached hydrogens (tertiary/aromatic N) is 4. The van der Waals surface area contributed by atoms with E-state index in [1.807, 2.05) is 60.0 Å². The Morgan fingerprint density at radius 2 is 1.77 bits per heavy atom. The molecule has 178 valence electrons. The average molecular weight is 488 g/mol. The first kappa shape index (κ1) is 24.0. The van der Waals surface area contributed by atoms with E-state index in [1.165, 1.54) is 11.8 Å². The zero-order valence-electron chi connectivity index (χ0n) is 19.6. The number of phenolic OH excluding ortho intramolecular Hbond substituents is 1. The molecule has 0 radical (unpaired) electrons. The number of para-hydroxylation sites is 1. The molecule has 0 unspecified atom stereocenters. The summed E-state index contributed by atoms with van der Waals surface area (Å²) >= 11 is 1.26. The number of carbonyl (C=O) groups is 1. The molecule has 0 aliphatic heterocycles. The maximum Gasteiger partial charge on any atom is 0.250 e. The van der Waals surface area contributed by atoms with Crippen LogP contribution in [0.4, 0.5) is 0 Å². The van der Waals surface area contributed by atoms with Crippen molar-refractivity contribution in [3.63, 3.8) is 0 Å². The minimum absolute atomic E-state index is 0.0831. The topological polar surface area (TPSA) is 102 Å². The number of benzene rings is 3. The van der Waals surface area contributed by atoms with Crippen LogP contribution >= 0.6 is 11.8 Å². The predicted octanol–water partition coefficient (Wildman–Crippen LogP) is 4.59. The highest BCUT2D eigenvalue weighted by Gasteiger charge is 2.17. The van der Waals surface area contributed by atoms with Crippen LogP contribution in [-0.2, 0) is 4.79 Å². The molecule has 35 heavy (non-hydrogen) atoms. The number of aromatic hydroxyl groups is 1. The van der Waals surface area contributed by atoms with E-state index in [-0.39, 0.29) is 17.4 Å².